The smallest absolute Gasteiger partial charge is 0.121 e. The van der Waals surface area contributed by atoms with Gasteiger partial charge in [0.05, 0.1) is 19.0 Å². The van der Waals surface area contributed by atoms with Crippen LogP contribution in [-0.2, 0) is 13.5 Å². The maximum Gasteiger partial charge on any atom is 0.121 e. The lowest BCUT2D eigenvalue weighted by molar-refractivity contribution is 0.210. The summed E-state index contributed by atoms with van der Waals surface area (Å²) in [6.07, 6.45) is 3.02. The zero-order valence-corrected chi connectivity index (χ0v) is 11.6. The Morgan fingerprint density at radius 2 is 2.21 bits per heavy atom. The summed E-state index contributed by atoms with van der Waals surface area (Å²) in [6.45, 7) is 2.12. The molecule has 0 aliphatic heterocycles. The largest absolute Gasteiger partial charge is 0.497 e. The molecule has 1 aromatic carbocycles. The number of aliphatic hydroxyl groups excluding tert-OH is 1. The molecule has 0 spiro atoms. The maximum absolute atomic E-state index is 10.5. The molecule has 0 saturated heterocycles. The van der Waals surface area contributed by atoms with Crippen LogP contribution in [0.4, 0.5) is 0 Å². The van der Waals surface area contributed by atoms with E-state index in [2.05, 4.69) is 11.9 Å². The molecule has 0 saturated carbocycles. The molecule has 1 aromatic heterocycles. The molecule has 0 fully saturated rings. The van der Waals surface area contributed by atoms with Crippen LogP contribution in [0.1, 0.15) is 36.5 Å². The summed E-state index contributed by atoms with van der Waals surface area (Å²) in [5.41, 5.74) is 1.61. The zero-order chi connectivity index (χ0) is 13.8. The number of imidazole rings is 1. The fourth-order valence-corrected chi connectivity index (χ4v) is 2.16. The minimum Gasteiger partial charge on any atom is -0.497 e. The molecule has 0 bridgehead atoms. The van der Waals surface area contributed by atoms with Gasteiger partial charge in [-0.1, -0.05) is 19.1 Å². The number of nitrogens with zero attached hydrogens (tertiary/aromatic N) is 2. The van der Waals surface area contributed by atoms with E-state index in [4.69, 9.17) is 4.74 Å². The van der Waals surface area contributed by atoms with Crippen molar-refractivity contribution in [1.29, 1.82) is 0 Å². The summed E-state index contributed by atoms with van der Waals surface area (Å²) in [4.78, 5) is 4.37. The van der Waals surface area contributed by atoms with Crippen LogP contribution in [0.2, 0.25) is 0 Å². The molecule has 0 radical (unpaired) electrons. The van der Waals surface area contributed by atoms with Gasteiger partial charge in [-0.2, -0.15) is 0 Å². The van der Waals surface area contributed by atoms with E-state index in [0.717, 1.165) is 35.7 Å². The van der Waals surface area contributed by atoms with Gasteiger partial charge in [0.1, 0.15) is 17.7 Å². The predicted octanol–water partition coefficient (Wildman–Crippen LogP) is 2.46. The Balaban J connectivity index is 2.30. The van der Waals surface area contributed by atoms with E-state index in [1.54, 1.807) is 13.3 Å². The molecule has 102 valence electrons. The number of aromatic nitrogens is 2. The molecule has 1 heterocycles. The topological polar surface area (TPSA) is 47.3 Å². The fraction of sp³-hybridized carbons (Fsp3) is 0.400. The van der Waals surface area contributed by atoms with Crippen LogP contribution in [0.15, 0.2) is 30.5 Å². The van der Waals surface area contributed by atoms with Crippen molar-refractivity contribution in [2.75, 3.05) is 7.11 Å². The van der Waals surface area contributed by atoms with E-state index in [9.17, 15) is 5.11 Å². The second-order valence-corrected chi connectivity index (χ2v) is 4.59. The van der Waals surface area contributed by atoms with E-state index in [-0.39, 0.29) is 0 Å². The van der Waals surface area contributed by atoms with Crippen LogP contribution in [0.5, 0.6) is 5.75 Å². The predicted molar refractivity (Wildman–Crippen MR) is 74.3 cm³/mol. The van der Waals surface area contributed by atoms with E-state index in [1.807, 2.05) is 35.9 Å². The van der Waals surface area contributed by atoms with Gasteiger partial charge < -0.3 is 14.4 Å². The molecule has 1 atom stereocenters. The molecule has 0 amide bonds. The highest BCUT2D eigenvalue weighted by Gasteiger charge is 2.16. The maximum atomic E-state index is 10.5. The van der Waals surface area contributed by atoms with Crippen LogP contribution in [0, 0.1) is 0 Å². The second-order valence-electron chi connectivity index (χ2n) is 4.59. The van der Waals surface area contributed by atoms with Gasteiger partial charge in [0.2, 0.25) is 0 Å². The van der Waals surface area contributed by atoms with Gasteiger partial charge in [-0.15, -0.1) is 0 Å². The average Bonchev–Trinajstić information content (AvgIpc) is 2.80. The van der Waals surface area contributed by atoms with E-state index < -0.39 is 6.10 Å². The first kappa shape index (κ1) is 13.6. The summed E-state index contributed by atoms with van der Waals surface area (Å²) < 4.78 is 7.15. The van der Waals surface area contributed by atoms with E-state index >= 15 is 0 Å². The summed E-state index contributed by atoms with van der Waals surface area (Å²) in [5.74, 6) is 1.74. The van der Waals surface area contributed by atoms with Crippen LogP contribution in [-0.4, -0.2) is 21.8 Å². The highest BCUT2D eigenvalue weighted by molar-refractivity contribution is 5.33. The highest BCUT2D eigenvalue weighted by Crippen LogP contribution is 2.25. The standard InChI is InChI=1S/C15H20N2O2/c1-4-6-14-16-10-13(17(14)2)15(18)11-7-5-8-12(9-11)19-3/h5,7-10,15,18H,4,6H2,1-3H3/t15-/m0/s1. The van der Waals surface area contributed by atoms with Gasteiger partial charge in [-0.25, -0.2) is 4.98 Å². The summed E-state index contributed by atoms with van der Waals surface area (Å²) in [5, 5.41) is 10.5. The number of ether oxygens (including phenoxy) is 1. The van der Waals surface area contributed by atoms with Crippen molar-refractivity contribution >= 4 is 0 Å². The number of benzene rings is 1. The quantitative estimate of drug-likeness (QED) is 0.898. The lowest BCUT2D eigenvalue weighted by Gasteiger charge is -2.13. The third-order valence-corrected chi connectivity index (χ3v) is 3.28. The number of methoxy groups -OCH3 is 1. The molecular weight excluding hydrogens is 240 g/mol. The zero-order valence-electron chi connectivity index (χ0n) is 11.6. The fourth-order valence-electron chi connectivity index (χ4n) is 2.16. The Kier molecular flexibility index (Phi) is 4.22. The van der Waals surface area contributed by atoms with Crippen molar-refractivity contribution in [3.05, 3.63) is 47.5 Å². The Bertz CT molecular complexity index is 549. The second kappa shape index (κ2) is 5.89. The molecule has 0 unspecified atom stereocenters. The lowest BCUT2D eigenvalue weighted by atomic mass is 10.1. The van der Waals surface area contributed by atoms with Gasteiger partial charge in [-0.05, 0) is 24.1 Å². The normalized spacial score (nSPS) is 12.4. The number of aryl methyl sites for hydroxylation is 1. The number of aliphatic hydroxyl groups is 1. The van der Waals surface area contributed by atoms with Crippen molar-refractivity contribution < 1.29 is 9.84 Å². The van der Waals surface area contributed by atoms with Crippen LogP contribution >= 0.6 is 0 Å². The summed E-state index contributed by atoms with van der Waals surface area (Å²) in [6, 6.07) is 7.47. The molecular formula is C15H20N2O2. The molecule has 0 aliphatic carbocycles. The van der Waals surface area contributed by atoms with Crippen molar-refractivity contribution in [1.82, 2.24) is 9.55 Å². The van der Waals surface area contributed by atoms with Gasteiger partial charge in [0, 0.05) is 13.5 Å². The Hall–Kier alpha value is -1.81. The van der Waals surface area contributed by atoms with E-state index in [0.29, 0.717) is 0 Å². The first-order valence-corrected chi connectivity index (χ1v) is 6.49. The van der Waals surface area contributed by atoms with E-state index in [1.165, 1.54) is 0 Å². The van der Waals surface area contributed by atoms with Gasteiger partial charge >= 0.3 is 0 Å². The Morgan fingerprint density at radius 1 is 1.42 bits per heavy atom. The van der Waals surface area contributed by atoms with Gasteiger partial charge in [0.25, 0.3) is 0 Å². The Labute approximate surface area is 113 Å². The molecule has 4 nitrogen and oxygen atoms in total. The third kappa shape index (κ3) is 2.79. The minimum atomic E-state index is -0.682. The SMILES string of the molecule is CCCc1ncc([C@@H](O)c2cccc(OC)c2)n1C. The van der Waals surface area contributed by atoms with Gasteiger partial charge in [-0.3, -0.25) is 0 Å². The van der Waals surface area contributed by atoms with Gasteiger partial charge in [0.15, 0.2) is 0 Å². The minimum absolute atomic E-state index is 0.682. The van der Waals surface area contributed by atoms with Crippen LogP contribution in [0.25, 0.3) is 0 Å². The number of hydrogen-bond acceptors (Lipinski definition) is 3. The first-order valence-electron chi connectivity index (χ1n) is 6.49. The summed E-state index contributed by atoms with van der Waals surface area (Å²) >= 11 is 0. The molecule has 4 heteroatoms. The van der Waals surface area contributed by atoms with Crippen LogP contribution in [0.3, 0.4) is 0 Å². The molecule has 2 rings (SSSR count). The third-order valence-electron chi connectivity index (χ3n) is 3.28. The highest BCUT2D eigenvalue weighted by atomic mass is 16.5. The molecule has 1 N–H and O–H groups in total. The molecule has 19 heavy (non-hydrogen) atoms. The average molecular weight is 260 g/mol. The van der Waals surface area contributed by atoms with Crippen molar-refractivity contribution in [3.8, 4) is 5.75 Å². The number of rotatable bonds is 5. The summed E-state index contributed by atoms with van der Waals surface area (Å²) in [7, 11) is 3.56. The lowest BCUT2D eigenvalue weighted by Crippen LogP contribution is -2.08. The first-order chi connectivity index (χ1) is 9.17. The van der Waals surface area contributed by atoms with Crippen molar-refractivity contribution in [3.63, 3.8) is 0 Å². The number of hydrogen-bond donors (Lipinski definition) is 1. The van der Waals surface area contributed by atoms with Crippen molar-refractivity contribution in [2.45, 2.75) is 25.9 Å². The van der Waals surface area contributed by atoms with Crippen molar-refractivity contribution in [2.24, 2.45) is 7.05 Å². The monoisotopic (exact) mass is 260 g/mol. The van der Waals surface area contributed by atoms with Crippen LogP contribution < -0.4 is 4.74 Å². The Morgan fingerprint density at radius 3 is 2.89 bits per heavy atom. The molecule has 2 aromatic rings. The molecule has 0 aliphatic rings.